The Morgan fingerprint density at radius 3 is 2.60 bits per heavy atom. The average Bonchev–Trinajstić information content (AvgIpc) is 3.29. The summed E-state index contributed by atoms with van der Waals surface area (Å²) in [5.74, 6) is -0.458. The molecular formula is C25H26ClN5O4. The smallest absolute Gasteiger partial charge is 0.338 e. The van der Waals surface area contributed by atoms with E-state index in [0.29, 0.717) is 55.0 Å². The van der Waals surface area contributed by atoms with E-state index in [1.54, 1.807) is 31.2 Å². The Kier molecular flexibility index (Phi) is 6.61. The lowest BCUT2D eigenvalue weighted by molar-refractivity contribution is -0.139. The second-order valence-corrected chi connectivity index (χ2v) is 8.86. The highest BCUT2D eigenvalue weighted by Gasteiger charge is 2.35. The number of urea groups is 1. The van der Waals surface area contributed by atoms with Crippen molar-refractivity contribution in [2.75, 3.05) is 44.2 Å². The summed E-state index contributed by atoms with van der Waals surface area (Å²) in [5, 5.41) is 6.27. The predicted molar refractivity (Wildman–Crippen MR) is 132 cm³/mol. The number of ether oxygens (including phenoxy) is 1. The van der Waals surface area contributed by atoms with Crippen molar-refractivity contribution in [3.05, 3.63) is 70.4 Å². The van der Waals surface area contributed by atoms with Gasteiger partial charge in [-0.05, 0) is 36.8 Å². The van der Waals surface area contributed by atoms with Crippen molar-refractivity contribution in [3.8, 4) is 0 Å². The number of hydrogen-bond donors (Lipinski definition) is 2. The van der Waals surface area contributed by atoms with E-state index < -0.39 is 12.0 Å². The van der Waals surface area contributed by atoms with Gasteiger partial charge in [0.05, 0.1) is 18.2 Å². The Hall–Kier alpha value is -3.56. The molecule has 1 atom stereocenters. The molecule has 2 aromatic carbocycles. The lowest BCUT2D eigenvalue weighted by Crippen LogP contribution is -2.51. The number of carbonyl (C=O) groups is 2. The normalized spacial score (nSPS) is 19.0. The third kappa shape index (κ3) is 4.96. The van der Waals surface area contributed by atoms with Crippen LogP contribution in [0.25, 0.3) is 11.1 Å². The van der Waals surface area contributed by atoms with Gasteiger partial charge in [-0.2, -0.15) is 4.98 Å². The molecule has 3 heterocycles. The fraction of sp³-hybridized carbons (Fsp3) is 0.320. The number of para-hydroxylation sites is 2. The lowest BCUT2D eigenvalue weighted by atomic mass is 9.95. The first kappa shape index (κ1) is 23.2. The van der Waals surface area contributed by atoms with E-state index in [2.05, 4.69) is 25.4 Å². The van der Waals surface area contributed by atoms with Crippen LogP contribution >= 0.6 is 11.6 Å². The summed E-state index contributed by atoms with van der Waals surface area (Å²) >= 11 is 6.04. The maximum atomic E-state index is 13.0. The maximum absolute atomic E-state index is 13.0. The van der Waals surface area contributed by atoms with E-state index in [1.165, 1.54) is 0 Å². The van der Waals surface area contributed by atoms with Crippen LogP contribution in [0, 0.1) is 0 Å². The molecule has 0 aliphatic carbocycles. The van der Waals surface area contributed by atoms with E-state index in [1.807, 2.05) is 24.3 Å². The number of rotatable bonds is 6. The maximum Gasteiger partial charge on any atom is 0.338 e. The van der Waals surface area contributed by atoms with Crippen LogP contribution in [0.15, 0.2) is 64.2 Å². The summed E-state index contributed by atoms with van der Waals surface area (Å²) in [4.78, 5) is 34.4. The first-order valence-corrected chi connectivity index (χ1v) is 12.0. The molecule has 0 saturated carbocycles. The van der Waals surface area contributed by atoms with Crippen molar-refractivity contribution >= 4 is 40.7 Å². The minimum Gasteiger partial charge on any atom is -0.463 e. The summed E-state index contributed by atoms with van der Waals surface area (Å²) in [6.45, 7) is 5.26. The number of esters is 1. The molecule has 2 amide bonds. The Morgan fingerprint density at radius 1 is 1.14 bits per heavy atom. The largest absolute Gasteiger partial charge is 0.463 e. The lowest BCUT2D eigenvalue weighted by Gasteiger charge is -2.36. The molecule has 1 fully saturated rings. The summed E-state index contributed by atoms with van der Waals surface area (Å²) in [6, 6.07) is 14.4. The number of amides is 2. The van der Waals surface area contributed by atoms with Gasteiger partial charge in [-0.15, -0.1) is 0 Å². The quantitative estimate of drug-likeness (QED) is 0.505. The number of benzene rings is 2. The molecule has 2 N–H and O–H groups in total. The fourth-order valence-electron chi connectivity index (χ4n) is 4.41. The molecule has 1 aromatic heterocycles. The summed E-state index contributed by atoms with van der Waals surface area (Å²) in [5.41, 5.74) is 3.29. The molecule has 0 spiro atoms. The van der Waals surface area contributed by atoms with Crippen molar-refractivity contribution in [2.24, 2.45) is 0 Å². The number of halogens is 1. The monoisotopic (exact) mass is 495 g/mol. The van der Waals surface area contributed by atoms with Gasteiger partial charge < -0.3 is 24.7 Å². The van der Waals surface area contributed by atoms with Crippen molar-refractivity contribution < 1.29 is 18.7 Å². The van der Waals surface area contributed by atoms with Crippen LogP contribution in [-0.4, -0.2) is 61.2 Å². The zero-order valence-electron chi connectivity index (χ0n) is 19.3. The van der Waals surface area contributed by atoms with Crippen LogP contribution in [-0.2, 0) is 9.53 Å². The van der Waals surface area contributed by atoms with Crippen molar-refractivity contribution in [2.45, 2.75) is 13.0 Å². The fourth-order valence-corrected chi connectivity index (χ4v) is 4.54. The second-order valence-electron chi connectivity index (χ2n) is 8.42. The number of hydrogen-bond acceptors (Lipinski definition) is 7. The van der Waals surface area contributed by atoms with E-state index in [-0.39, 0.29) is 12.6 Å². The number of fused-ring (bicyclic) bond motifs is 1. The number of anilines is 1. The van der Waals surface area contributed by atoms with E-state index in [9.17, 15) is 9.59 Å². The Balaban J connectivity index is 1.35. The average molecular weight is 496 g/mol. The second kappa shape index (κ2) is 9.97. The SMILES string of the molecule is CCOC(=O)C1=C(CN2CCN(c3nc4ccccc4o3)CC2)NC(=O)N[C@H]1c1ccc(Cl)cc1. The van der Waals surface area contributed by atoms with Crippen LogP contribution in [0.3, 0.4) is 0 Å². The highest BCUT2D eigenvalue weighted by atomic mass is 35.5. The molecule has 3 aromatic rings. The van der Waals surface area contributed by atoms with Crippen LogP contribution < -0.4 is 15.5 Å². The molecule has 0 radical (unpaired) electrons. The molecule has 0 unspecified atom stereocenters. The molecule has 35 heavy (non-hydrogen) atoms. The number of aromatic nitrogens is 1. The number of nitrogens with zero attached hydrogens (tertiary/aromatic N) is 3. The first-order chi connectivity index (χ1) is 17.0. The minimum absolute atomic E-state index is 0.236. The van der Waals surface area contributed by atoms with Crippen molar-refractivity contribution in [1.82, 2.24) is 20.5 Å². The van der Waals surface area contributed by atoms with Crippen LogP contribution in [0.1, 0.15) is 18.5 Å². The van der Waals surface area contributed by atoms with E-state index >= 15 is 0 Å². The molecule has 182 valence electrons. The molecular weight excluding hydrogens is 470 g/mol. The van der Waals surface area contributed by atoms with Gasteiger partial charge in [-0.25, -0.2) is 9.59 Å². The number of carbonyl (C=O) groups excluding carboxylic acids is 2. The van der Waals surface area contributed by atoms with Gasteiger partial charge in [-0.3, -0.25) is 4.90 Å². The summed E-state index contributed by atoms with van der Waals surface area (Å²) < 4.78 is 11.3. The third-order valence-electron chi connectivity index (χ3n) is 6.16. The van der Waals surface area contributed by atoms with Crippen molar-refractivity contribution in [3.63, 3.8) is 0 Å². The topological polar surface area (TPSA) is 99.9 Å². The van der Waals surface area contributed by atoms with E-state index in [4.69, 9.17) is 20.8 Å². The molecule has 0 bridgehead atoms. The van der Waals surface area contributed by atoms with Gasteiger partial charge in [0.15, 0.2) is 5.58 Å². The zero-order chi connectivity index (χ0) is 24.4. The zero-order valence-corrected chi connectivity index (χ0v) is 20.0. The standard InChI is InChI=1S/C25H26ClN5O4/c1-2-34-23(32)21-19(27-24(33)29-22(21)16-7-9-17(26)10-8-16)15-30-11-13-31(14-12-30)25-28-18-5-3-4-6-20(18)35-25/h3-10,22H,2,11-15H2,1H3,(H2,27,29,33)/t22-/m0/s1. The molecule has 5 rings (SSSR count). The molecule has 9 nitrogen and oxygen atoms in total. The molecule has 1 saturated heterocycles. The third-order valence-corrected chi connectivity index (χ3v) is 6.41. The van der Waals surface area contributed by atoms with Crippen LogP contribution in [0.4, 0.5) is 10.8 Å². The number of nitrogens with one attached hydrogen (secondary N) is 2. The van der Waals surface area contributed by atoms with Crippen molar-refractivity contribution in [1.29, 1.82) is 0 Å². The molecule has 2 aliphatic rings. The van der Waals surface area contributed by atoms with Gasteiger partial charge in [-0.1, -0.05) is 35.9 Å². The van der Waals surface area contributed by atoms with E-state index in [0.717, 1.165) is 16.7 Å². The number of piperazine rings is 1. The summed E-state index contributed by atoms with van der Waals surface area (Å²) in [7, 11) is 0. The Morgan fingerprint density at radius 2 is 1.89 bits per heavy atom. The molecule has 10 heteroatoms. The highest BCUT2D eigenvalue weighted by Crippen LogP contribution is 2.29. The highest BCUT2D eigenvalue weighted by molar-refractivity contribution is 6.30. The van der Waals surface area contributed by atoms with Gasteiger partial charge in [0, 0.05) is 43.4 Å². The Labute approximate surface area is 207 Å². The van der Waals surface area contributed by atoms with Gasteiger partial charge in [0.2, 0.25) is 0 Å². The van der Waals surface area contributed by atoms with Gasteiger partial charge in [0.25, 0.3) is 6.01 Å². The summed E-state index contributed by atoms with van der Waals surface area (Å²) in [6.07, 6.45) is 0. The Bertz CT molecular complexity index is 1230. The predicted octanol–water partition coefficient (Wildman–Crippen LogP) is 3.47. The van der Waals surface area contributed by atoms with Crippen LogP contribution in [0.5, 0.6) is 0 Å². The first-order valence-electron chi connectivity index (χ1n) is 11.6. The van der Waals surface area contributed by atoms with Gasteiger partial charge >= 0.3 is 12.0 Å². The molecule has 2 aliphatic heterocycles. The minimum atomic E-state index is -0.629. The van der Waals surface area contributed by atoms with Gasteiger partial charge in [0.1, 0.15) is 5.52 Å². The number of oxazole rings is 1. The van der Waals surface area contributed by atoms with Crippen LogP contribution in [0.2, 0.25) is 5.02 Å².